The molecule has 0 heterocycles. The van der Waals surface area contributed by atoms with Gasteiger partial charge in [-0.25, -0.2) is 4.79 Å². The van der Waals surface area contributed by atoms with Crippen molar-refractivity contribution in [1.82, 2.24) is 16.0 Å². The van der Waals surface area contributed by atoms with E-state index in [1.165, 1.54) is 6.92 Å². The molecule has 4 atom stereocenters. The average molecular weight is 610 g/mol. The molecule has 0 aliphatic rings. The zero-order valence-electron chi connectivity index (χ0n) is 21.8. The van der Waals surface area contributed by atoms with Gasteiger partial charge < -0.3 is 42.7 Å². The first-order chi connectivity index (χ1) is 18.6. The van der Waals surface area contributed by atoms with E-state index in [1.54, 1.807) is 0 Å². The molecule has 0 rings (SSSR count). The SMILES string of the molecule is CC(=O)[C@@H](N)CCC(=O)C[C@@H](CSSC[C@H](NC(=O)NC[C@H](N)C(=O)O)C(=O)CCC(=O)O)C(=O)NCC(=O)O. The minimum absolute atomic E-state index is 0.0102. The summed E-state index contributed by atoms with van der Waals surface area (Å²) < 4.78 is 0. The minimum Gasteiger partial charge on any atom is -0.481 e. The van der Waals surface area contributed by atoms with Gasteiger partial charge in [-0.2, -0.15) is 0 Å². The molecule has 0 aromatic heterocycles. The first-order valence-corrected chi connectivity index (χ1v) is 14.4. The second-order valence-electron chi connectivity index (χ2n) is 8.59. The van der Waals surface area contributed by atoms with Crippen molar-refractivity contribution in [3.63, 3.8) is 0 Å². The number of hydrogen-bond acceptors (Lipinski definition) is 12. The van der Waals surface area contributed by atoms with Gasteiger partial charge in [0.1, 0.15) is 24.2 Å². The van der Waals surface area contributed by atoms with Crippen molar-refractivity contribution in [3.05, 3.63) is 0 Å². The van der Waals surface area contributed by atoms with Gasteiger partial charge in [0.25, 0.3) is 0 Å². The molecule has 0 aliphatic carbocycles. The molecule has 10 N–H and O–H groups in total. The predicted molar refractivity (Wildman–Crippen MR) is 144 cm³/mol. The summed E-state index contributed by atoms with van der Waals surface area (Å²) in [6.45, 7) is 0.188. The van der Waals surface area contributed by atoms with Crippen LogP contribution in [0.5, 0.6) is 0 Å². The number of Topliss-reactive ketones (excluding diaryl/α,β-unsaturated/α-hetero) is 3. The monoisotopic (exact) mass is 609 g/mol. The van der Waals surface area contributed by atoms with E-state index >= 15 is 0 Å². The fourth-order valence-electron chi connectivity index (χ4n) is 2.80. The number of rotatable bonds is 22. The topological polar surface area (TPSA) is 285 Å². The Morgan fingerprint density at radius 1 is 0.800 bits per heavy atom. The highest BCUT2D eigenvalue weighted by atomic mass is 33.1. The zero-order chi connectivity index (χ0) is 30.8. The van der Waals surface area contributed by atoms with Crippen molar-refractivity contribution in [3.8, 4) is 0 Å². The number of hydrogen-bond donors (Lipinski definition) is 8. The van der Waals surface area contributed by atoms with Crippen LogP contribution in [0.25, 0.3) is 0 Å². The smallest absolute Gasteiger partial charge is 0.322 e. The Morgan fingerprint density at radius 3 is 1.98 bits per heavy atom. The molecule has 3 amide bonds. The first-order valence-electron chi connectivity index (χ1n) is 11.9. The highest BCUT2D eigenvalue weighted by Gasteiger charge is 2.25. The molecule has 40 heavy (non-hydrogen) atoms. The summed E-state index contributed by atoms with van der Waals surface area (Å²) in [6, 6.07) is -4.29. The lowest BCUT2D eigenvalue weighted by atomic mass is 9.98. The number of carboxylic acid groups (broad SMARTS) is 3. The van der Waals surface area contributed by atoms with Crippen LogP contribution in [0.2, 0.25) is 0 Å². The summed E-state index contributed by atoms with van der Waals surface area (Å²) in [7, 11) is 2.08. The van der Waals surface area contributed by atoms with Crippen LogP contribution >= 0.6 is 21.6 Å². The Kier molecular flexibility index (Phi) is 18.2. The van der Waals surface area contributed by atoms with Crippen LogP contribution < -0.4 is 27.4 Å². The maximum atomic E-state index is 12.5. The van der Waals surface area contributed by atoms with Crippen LogP contribution in [0, 0.1) is 5.92 Å². The van der Waals surface area contributed by atoms with Crippen LogP contribution in [-0.2, 0) is 33.6 Å². The summed E-state index contributed by atoms with van der Waals surface area (Å²) in [6.07, 6.45) is -1.11. The number of carbonyl (C=O) groups excluding carboxylic acids is 5. The molecule has 0 aromatic rings. The Bertz CT molecular complexity index is 876. The van der Waals surface area contributed by atoms with Crippen molar-refractivity contribution < 1.29 is 53.7 Å². The normalized spacial score (nSPS) is 13.7. The van der Waals surface area contributed by atoms with Crippen LogP contribution in [0.3, 0.4) is 0 Å². The Hall–Kier alpha value is -3.22. The van der Waals surface area contributed by atoms with Crippen molar-refractivity contribution >= 4 is 68.8 Å². The van der Waals surface area contributed by atoms with Crippen LogP contribution in [0.1, 0.15) is 39.0 Å². The van der Waals surface area contributed by atoms with Gasteiger partial charge in [-0.3, -0.25) is 33.6 Å². The van der Waals surface area contributed by atoms with Crippen molar-refractivity contribution in [1.29, 1.82) is 0 Å². The fourth-order valence-corrected chi connectivity index (χ4v) is 5.31. The molecule has 0 unspecified atom stereocenters. The van der Waals surface area contributed by atoms with E-state index in [0.717, 1.165) is 21.6 Å². The lowest BCUT2D eigenvalue weighted by Gasteiger charge is -2.19. The number of aliphatic carboxylic acids is 3. The quantitative estimate of drug-likeness (QED) is 0.0504. The van der Waals surface area contributed by atoms with Gasteiger partial charge in [-0.1, -0.05) is 21.6 Å². The summed E-state index contributed by atoms with van der Waals surface area (Å²) in [5.74, 6) is -6.85. The number of ketones is 3. The lowest BCUT2D eigenvalue weighted by molar-refractivity contribution is -0.139. The van der Waals surface area contributed by atoms with Crippen LogP contribution in [0.15, 0.2) is 0 Å². The first kappa shape index (κ1) is 36.8. The van der Waals surface area contributed by atoms with Crippen molar-refractivity contribution in [2.24, 2.45) is 17.4 Å². The van der Waals surface area contributed by atoms with Crippen molar-refractivity contribution in [2.45, 2.75) is 57.2 Å². The maximum absolute atomic E-state index is 12.5. The number of urea groups is 1. The van der Waals surface area contributed by atoms with E-state index in [4.69, 9.17) is 26.8 Å². The van der Waals surface area contributed by atoms with Crippen LogP contribution in [0.4, 0.5) is 4.79 Å². The Morgan fingerprint density at radius 2 is 1.43 bits per heavy atom. The van der Waals surface area contributed by atoms with E-state index in [2.05, 4.69) is 16.0 Å². The van der Waals surface area contributed by atoms with Crippen LogP contribution in [-0.4, -0.2) is 105 Å². The third-order valence-corrected chi connectivity index (χ3v) is 7.67. The molecule has 0 saturated heterocycles. The van der Waals surface area contributed by atoms with Crippen molar-refractivity contribution in [2.75, 3.05) is 24.6 Å². The van der Waals surface area contributed by atoms with E-state index in [0.29, 0.717) is 0 Å². The molecule has 0 aliphatic heterocycles. The third kappa shape index (κ3) is 17.4. The molecule has 16 nitrogen and oxygen atoms in total. The van der Waals surface area contributed by atoms with Gasteiger partial charge >= 0.3 is 23.9 Å². The standard InChI is InChI=1S/C22H35N5O11S2/c1-11(28)14(23)3-2-13(29)6-12(20(35)25-8-19(33)34)9-39-40-10-16(17(30)4-5-18(31)32)27-22(38)26-7-15(24)21(36)37/h12,14-16H,2-10,23-24H2,1H3,(H,25,35)(H,31,32)(H,33,34)(H,36,37)(H2,26,27,38)/t12-,14-,15-,16-/m0/s1. The summed E-state index contributed by atoms with van der Waals surface area (Å²) in [4.78, 5) is 93.2. The Balaban J connectivity index is 5.18. The largest absolute Gasteiger partial charge is 0.481 e. The summed E-state index contributed by atoms with van der Waals surface area (Å²) in [5, 5.41) is 33.2. The second kappa shape index (κ2) is 19.8. The Labute approximate surface area is 237 Å². The van der Waals surface area contributed by atoms with Gasteiger partial charge in [0.2, 0.25) is 5.91 Å². The zero-order valence-corrected chi connectivity index (χ0v) is 23.4. The molecule has 0 fully saturated rings. The van der Waals surface area contributed by atoms with E-state index in [-0.39, 0.29) is 42.3 Å². The number of carbonyl (C=O) groups is 8. The number of carboxylic acids is 3. The highest BCUT2D eigenvalue weighted by molar-refractivity contribution is 8.76. The number of nitrogens with two attached hydrogens (primary N) is 2. The van der Waals surface area contributed by atoms with E-state index < -0.39 is 85.6 Å². The van der Waals surface area contributed by atoms with Gasteiger partial charge in [0.05, 0.1) is 24.4 Å². The van der Waals surface area contributed by atoms with E-state index in [9.17, 15) is 38.4 Å². The molecular weight excluding hydrogens is 574 g/mol. The minimum atomic E-state index is -1.39. The maximum Gasteiger partial charge on any atom is 0.322 e. The highest BCUT2D eigenvalue weighted by Crippen LogP contribution is 2.27. The molecule has 0 aromatic carbocycles. The molecular formula is C22H35N5O11S2. The molecule has 226 valence electrons. The molecule has 0 radical (unpaired) electrons. The summed E-state index contributed by atoms with van der Waals surface area (Å²) in [5.41, 5.74) is 10.9. The van der Waals surface area contributed by atoms with E-state index in [1.807, 2.05) is 0 Å². The number of amides is 3. The second-order valence-corrected chi connectivity index (χ2v) is 11.1. The van der Waals surface area contributed by atoms with Gasteiger partial charge in [0, 0.05) is 37.3 Å². The van der Waals surface area contributed by atoms with Gasteiger partial charge in [-0.05, 0) is 13.3 Å². The molecule has 0 bridgehead atoms. The molecule has 0 spiro atoms. The predicted octanol–water partition coefficient (Wildman–Crippen LogP) is -1.65. The number of nitrogens with one attached hydrogen (secondary N) is 3. The molecule has 18 heteroatoms. The average Bonchev–Trinajstić information content (AvgIpc) is 2.87. The van der Waals surface area contributed by atoms with Gasteiger partial charge in [0.15, 0.2) is 5.78 Å². The molecule has 0 saturated carbocycles. The third-order valence-electron chi connectivity index (χ3n) is 5.18. The van der Waals surface area contributed by atoms with Gasteiger partial charge in [-0.15, -0.1) is 0 Å². The fraction of sp³-hybridized carbons (Fsp3) is 0.636. The lowest BCUT2D eigenvalue weighted by Crippen LogP contribution is -2.51. The summed E-state index contributed by atoms with van der Waals surface area (Å²) >= 11 is 0.